The molecule has 1 N–H and O–H groups in total. The molecule has 128 valence electrons. The lowest BCUT2D eigenvalue weighted by Crippen LogP contribution is -2.37. The second-order valence-electron chi connectivity index (χ2n) is 5.76. The normalized spacial score (nSPS) is 21.8. The summed E-state index contributed by atoms with van der Waals surface area (Å²) in [5, 5.41) is 9.41. The molecule has 8 heteroatoms. The van der Waals surface area contributed by atoms with Crippen molar-refractivity contribution in [2.45, 2.75) is 12.4 Å². The van der Waals surface area contributed by atoms with Crippen molar-refractivity contribution in [2.24, 2.45) is 5.92 Å². The summed E-state index contributed by atoms with van der Waals surface area (Å²) in [5.41, 5.74) is 0.288. The second kappa shape index (κ2) is 6.76. The smallest absolute Gasteiger partial charge is 0.406 e. The molecule has 1 aromatic carbocycles. The van der Waals surface area contributed by atoms with E-state index < -0.39 is 6.36 Å². The van der Waals surface area contributed by atoms with E-state index in [1.807, 2.05) is 19.0 Å². The number of nitrogens with zero attached hydrogens (tertiary/aromatic N) is 2. The van der Waals surface area contributed by atoms with Crippen LogP contribution in [0.3, 0.4) is 0 Å². The van der Waals surface area contributed by atoms with Crippen LogP contribution in [0.25, 0.3) is 0 Å². The van der Waals surface area contributed by atoms with E-state index in [9.17, 15) is 23.1 Å². The number of amides is 1. The highest BCUT2D eigenvalue weighted by atomic mass is 19.4. The molecule has 0 spiro atoms. The molecule has 5 nitrogen and oxygen atoms in total. The van der Waals surface area contributed by atoms with Crippen molar-refractivity contribution in [1.29, 1.82) is 0 Å². The Kier molecular flexibility index (Phi) is 5.16. The van der Waals surface area contributed by atoms with E-state index in [0.717, 1.165) is 12.1 Å². The topological polar surface area (TPSA) is 53.0 Å². The first-order chi connectivity index (χ1) is 10.7. The SMILES string of the molecule is CN(C)[C@@H]1CN(C(=O)c2ccc(OC(F)(F)F)cc2)C[C@H]1CO. The van der Waals surface area contributed by atoms with E-state index in [1.165, 1.54) is 12.1 Å². The summed E-state index contributed by atoms with van der Waals surface area (Å²) in [6, 6.07) is 4.89. The number of likely N-dealkylation sites (N-methyl/N-ethyl adjacent to an activating group) is 1. The number of aliphatic hydroxyl groups excluding tert-OH is 1. The van der Waals surface area contributed by atoms with Crippen molar-refractivity contribution in [3.05, 3.63) is 29.8 Å². The predicted octanol–water partition coefficient (Wildman–Crippen LogP) is 1.58. The van der Waals surface area contributed by atoms with Gasteiger partial charge in [-0.15, -0.1) is 13.2 Å². The molecule has 23 heavy (non-hydrogen) atoms. The van der Waals surface area contributed by atoms with E-state index in [1.54, 1.807) is 4.90 Å². The molecule has 1 fully saturated rings. The number of ether oxygens (including phenoxy) is 1. The summed E-state index contributed by atoms with van der Waals surface area (Å²) in [6.45, 7) is 0.863. The fraction of sp³-hybridized carbons (Fsp3) is 0.533. The molecule has 1 saturated heterocycles. The van der Waals surface area contributed by atoms with Gasteiger partial charge in [0.05, 0.1) is 0 Å². The Morgan fingerprint density at radius 2 is 1.91 bits per heavy atom. The van der Waals surface area contributed by atoms with Gasteiger partial charge in [-0.3, -0.25) is 4.79 Å². The lowest BCUT2D eigenvalue weighted by molar-refractivity contribution is -0.274. The molecule has 0 saturated carbocycles. The Labute approximate surface area is 132 Å². The van der Waals surface area contributed by atoms with Crippen molar-refractivity contribution in [3.63, 3.8) is 0 Å². The highest BCUT2D eigenvalue weighted by Gasteiger charge is 2.36. The third-order valence-corrected chi connectivity index (χ3v) is 3.93. The zero-order valence-corrected chi connectivity index (χ0v) is 12.9. The molecular weight excluding hydrogens is 313 g/mol. The van der Waals surface area contributed by atoms with Crippen LogP contribution in [-0.2, 0) is 0 Å². The molecule has 2 rings (SSSR count). The van der Waals surface area contributed by atoms with E-state index >= 15 is 0 Å². The average Bonchev–Trinajstić information content (AvgIpc) is 2.90. The summed E-state index contributed by atoms with van der Waals surface area (Å²) in [6.07, 6.45) is -4.76. The molecule has 0 aliphatic carbocycles. The number of carbonyl (C=O) groups excluding carboxylic acids is 1. The van der Waals surface area contributed by atoms with Gasteiger partial charge in [-0.2, -0.15) is 0 Å². The molecule has 2 atom stereocenters. The quantitative estimate of drug-likeness (QED) is 0.910. The van der Waals surface area contributed by atoms with Crippen molar-refractivity contribution < 1.29 is 27.8 Å². The van der Waals surface area contributed by atoms with Crippen molar-refractivity contribution >= 4 is 5.91 Å². The van der Waals surface area contributed by atoms with Crippen molar-refractivity contribution in [2.75, 3.05) is 33.8 Å². The number of rotatable bonds is 4. The number of likely N-dealkylation sites (tertiary alicyclic amines) is 1. The largest absolute Gasteiger partial charge is 0.573 e. The fourth-order valence-corrected chi connectivity index (χ4v) is 2.77. The van der Waals surface area contributed by atoms with Crippen LogP contribution in [0.1, 0.15) is 10.4 Å². The van der Waals surface area contributed by atoms with Gasteiger partial charge >= 0.3 is 6.36 Å². The molecule has 1 aliphatic heterocycles. The number of aliphatic hydroxyl groups is 1. The molecule has 0 bridgehead atoms. The Balaban J connectivity index is 2.06. The lowest BCUT2D eigenvalue weighted by Gasteiger charge is -2.23. The van der Waals surface area contributed by atoms with E-state index in [-0.39, 0.29) is 35.8 Å². The van der Waals surface area contributed by atoms with Crippen LogP contribution >= 0.6 is 0 Å². The van der Waals surface area contributed by atoms with Crippen LogP contribution in [0.4, 0.5) is 13.2 Å². The first-order valence-electron chi connectivity index (χ1n) is 7.13. The van der Waals surface area contributed by atoms with Gasteiger partial charge in [-0.25, -0.2) is 0 Å². The number of hydrogen-bond donors (Lipinski definition) is 1. The van der Waals surface area contributed by atoms with E-state index in [4.69, 9.17) is 0 Å². The summed E-state index contributed by atoms with van der Waals surface area (Å²) in [5.74, 6) is -0.678. The third kappa shape index (κ3) is 4.35. The number of alkyl halides is 3. The van der Waals surface area contributed by atoms with Crippen LogP contribution in [-0.4, -0.2) is 67.0 Å². The zero-order valence-electron chi connectivity index (χ0n) is 12.9. The minimum atomic E-state index is -4.76. The highest BCUT2D eigenvalue weighted by Crippen LogP contribution is 2.25. The standard InChI is InChI=1S/C15H19F3N2O3/c1-19(2)13-8-20(7-11(13)9-21)14(22)10-3-5-12(6-4-10)23-15(16,17)18/h3-6,11,13,21H,7-9H2,1-2H3/t11-,13+/m0/s1. The van der Waals surface area contributed by atoms with E-state index in [0.29, 0.717) is 13.1 Å². The molecule has 0 unspecified atom stereocenters. The van der Waals surface area contributed by atoms with Gasteiger partial charge in [0.1, 0.15) is 5.75 Å². The Hall–Kier alpha value is -1.80. The zero-order chi connectivity index (χ0) is 17.2. The Bertz CT molecular complexity index is 546. The van der Waals surface area contributed by atoms with Gasteiger partial charge in [0.2, 0.25) is 0 Å². The average molecular weight is 332 g/mol. The van der Waals surface area contributed by atoms with E-state index in [2.05, 4.69) is 4.74 Å². The number of halogens is 3. The van der Waals surface area contributed by atoms with Gasteiger partial charge < -0.3 is 19.6 Å². The Morgan fingerprint density at radius 3 is 2.35 bits per heavy atom. The first-order valence-corrected chi connectivity index (χ1v) is 7.13. The molecule has 1 aliphatic rings. The molecule has 0 aromatic heterocycles. The van der Waals surface area contributed by atoms with Gasteiger partial charge in [-0.05, 0) is 38.4 Å². The fourth-order valence-electron chi connectivity index (χ4n) is 2.77. The maximum Gasteiger partial charge on any atom is 0.573 e. The minimum absolute atomic E-state index is 0.0228. The maximum atomic E-state index is 12.4. The highest BCUT2D eigenvalue weighted by molar-refractivity contribution is 5.94. The third-order valence-electron chi connectivity index (χ3n) is 3.93. The van der Waals surface area contributed by atoms with Crippen LogP contribution in [0.2, 0.25) is 0 Å². The van der Waals surface area contributed by atoms with Gasteiger partial charge in [0.25, 0.3) is 5.91 Å². The molecule has 1 aromatic rings. The first kappa shape index (κ1) is 17.6. The summed E-state index contributed by atoms with van der Waals surface area (Å²) in [7, 11) is 3.76. The Morgan fingerprint density at radius 1 is 1.30 bits per heavy atom. The summed E-state index contributed by atoms with van der Waals surface area (Å²) in [4.78, 5) is 16.0. The molecule has 1 heterocycles. The number of benzene rings is 1. The predicted molar refractivity (Wildman–Crippen MR) is 77.1 cm³/mol. The maximum absolute atomic E-state index is 12.4. The van der Waals surface area contributed by atoms with Crippen molar-refractivity contribution in [3.8, 4) is 5.75 Å². The molecule has 1 amide bonds. The number of hydrogen-bond acceptors (Lipinski definition) is 4. The van der Waals surface area contributed by atoms with Crippen molar-refractivity contribution in [1.82, 2.24) is 9.80 Å². The second-order valence-corrected chi connectivity index (χ2v) is 5.76. The van der Waals surface area contributed by atoms with Crippen LogP contribution < -0.4 is 4.74 Å². The monoisotopic (exact) mass is 332 g/mol. The van der Waals surface area contributed by atoms with Crippen LogP contribution in [0.15, 0.2) is 24.3 Å². The van der Waals surface area contributed by atoms with Gasteiger partial charge in [-0.1, -0.05) is 0 Å². The van der Waals surface area contributed by atoms with Crippen LogP contribution in [0, 0.1) is 5.92 Å². The molecule has 0 radical (unpaired) electrons. The van der Waals surface area contributed by atoms with Gasteiger partial charge in [0.15, 0.2) is 0 Å². The summed E-state index contributed by atoms with van der Waals surface area (Å²) >= 11 is 0. The van der Waals surface area contributed by atoms with Gasteiger partial charge in [0, 0.05) is 37.2 Å². The van der Waals surface area contributed by atoms with Crippen LogP contribution in [0.5, 0.6) is 5.75 Å². The number of carbonyl (C=O) groups is 1. The molecular formula is C15H19F3N2O3. The lowest BCUT2D eigenvalue weighted by atomic mass is 10.0. The summed E-state index contributed by atoms with van der Waals surface area (Å²) < 4.78 is 40.1. The minimum Gasteiger partial charge on any atom is -0.406 e.